The number of morpholine rings is 1. The van der Waals surface area contributed by atoms with Gasteiger partial charge in [-0.1, -0.05) is 30.3 Å². The van der Waals surface area contributed by atoms with Crippen LogP contribution in [-0.2, 0) is 9.53 Å². The molecule has 1 aliphatic rings. The summed E-state index contributed by atoms with van der Waals surface area (Å²) in [4.78, 5) is 22.7. The van der Waals surface area contributed by atoms with Crippen molar-refractivity contribution in [1.82, 2.24) is 14.9 Å². The lowest BCUT2D eigenvalue weighted by atomic mass is 10.1. The number of aromatic nitrogens is 2. The summed E-state index contributed by atoms with van der Waals surface area (Å²) >= 11 is 0. The third-order valence-corrected chi connectivity index (χ3v) is 4.19. The number of carbonyl (C=O) groups is 1. The summed E-state index contributed by atoms with van der Waals surface area (Å²) in [6, 6.07) is 11.5. The molecule has 1 aliphatic heterocycles. The molecule has 3 atom stereocenters. The van der Waals surface area contributed by atoms with E-state index in [4.69, 9.17) is 4.74 Å². The minimum atomic E-state index is -0.286. The molecule has 1 N–H and O–H groups in total. The van der Waals surface area contributed by atoms with Crippen molar-refractivity contribution in [3.8, 4) is 0 Å². The molecular weight excluding hydrogens is 304 g/mol. The van der Waals surface area contributed by atoms with Crippen molar-refractivity contribution in [2.24, 2.45) is 0 Å². The molecule has 1 fully saturated rings. The normalized spacial score (nSPS) is 22.8. The minimum Gasteiger partial charge on any atom is -0.368 e. The van der Waals surface area contributed by atoms with Crippen LogP contribution in [0.5, 0.6) is 0 Å². The Hall–Kier alpha value is -2.31. The highest BCUT2D eigenvalue weighted by atomic mass is 16.5. The second-order valence-electron chi connectivity index (χ2n) is 6.04. The molecule has 1 amide bonds. The van der Waals surface area contributed by atoms with Gasteiger partial charge in [0.15, 0.2) is 0 Å². The molecule has 0 radical (unpaired) electrons. The molecule has 0 bridgehead atoms. The van der Waals surface area contributed by atoms with E-state index in [1.807, 2.05) is 32.0 Å². The van der Waals surface area contributed by atoms with Crippen molar-refractivity contribution in [3.05, 3.63) is 54.4 Å². The molecule has 24 heavy (non-hydrogen) atoms. The highest BCUT2D eigenvalue weighted by molar-refractivity contribution is 5.93. The number of nitrogens with one attached hydrogen (secondary N) is 1. The zero-order chi connectivity index (χ0) is 16.9. The Morgan fingerprint density at radius 1 is 1.21 bits per heavy atom. The fraction of sp³-hybridized carbons (Fsp3) is 0.389. The van der Waals surface area contributed by atoms with Gasteiger partial charge in [0.25, 0.3) is 0 Å². The molecule has 2 aromatic rings. The first-order valence-corrected chi connectivity index (χ1v) is 8.16. The Morgan fingerprint density at radius 2 is 1.92 bits per heavy atom. The van der Waals surface area contributed by atoms with Gasteiger partial charge in [-0.05, 0) is 25.5 Å². The standard InChI is InChI=1S/C18H22N4O2/c1-13-11-22(12-16(24-13)15-7-4-3-5-8-15)14(2)17(23)21-18-19-9-6-10-20-18/h3-10,13-14,16H,11-12H2,1-2H3,(H,19,20,21,23). The maximum atomic E-state index is 12.5. The lowest BCUT2D eigenvalue weighted by molar-refractivity contribution is -0.128. The Labute approximate surface area is 141 Å². The molecule has 6 nitrogen and oxygen atoms in total. The Bertz CT molecular complexity index is 665. The SMILES string of the molecule is CC1CN(C(C)C(=O)Nc2ncccn2)CC(c2ccccc2)O1. The van der Waals surface area contributed by atoms with E-state index in [0.29, 0.717) is 19.0 Å². The van der Waals surface area contributed by atoms with E-state index in [1.54, 1.807) is 18.5 Å². The summed E-state index contributed by atoms with van der Waals surface area (Å²) in [6.45, 7) is 5.33. The van der Waals surface area contributed by atoms with E-state index in [-0.39, 0.29) is 24.2 Å². The van der Waals surface area contributed by atoms with Gasteiger partial charge in [0.2, 0.25) is 11.9 Å². The predicted octanol–water partition coefficient (Wildman–Crippen LogP) is 2.27. The van der Waals surface area contributed by atoms with Crippen LogP contribution in [-0.4, -0.2) is 46.0 Å². The summed E-state index contributed by atoms with van der Waals surface area (Å²) < 4.78 is 6.05. The molecular formula is C18H22N4O2. The largest absolute Gasteiger partial charge is 0.368 e. The first-order chi connectivity index (χ1) is 11.6. The Morgan fingerprint density at radius 3 is 2.62 bits per heavy atom. The van der Waals surface area contributed by atoms with E-state index in [2.05, 4.69) is 32.3 Å². The van der Waals surface area contributed by atoms with Crippen molar-refractivity contribution in [2.45, 2.75) is 32.1 Å². The number of ether oxygens (including phenoxy) is 1. The zero-order valence-electron chi connectivity index (χ0n) is 13.9. The maximum Gasteiger partial charge on any atom is 0.243 e. The van der Waals surface area contributed by atoms with E-state index >= 15 is 0 Å². The Kier molecular flexibility index (Phi) is 5.17. The molecule has 0 spiro atoms. The van der Waals surface area contributed by atoms with Gasteiger partial charge in [0, 0.05) is 25.5 Å². The van der Waals surface area contributed by atoms with Gasteiger partial charge in [-0.2, -0.15) is 0 Å². The van der Waals surface area contributed by atoms with Gasteiger partial charge in [-0.25, -0.2) is 9.97 Å². The van der Waals surface area contributed by atoms with Gasteiger partial charge in [-0.3, -0.25) is 15.0 Å². The summed E-state index contributed by atoms with van der Waals surface area (Å²) in [7, 11) is 0. The second-order valence-corrected chi connectivity index (χ2v) is 6.04. The van der Waals surface area contributed by atoms with Crippen LogP contribution < -0.4 is 5.32 Å². The average Bonchev–Trinajstić information content (AvgIpc) is 2.62. The van der Waals surface area contributed by atoms with E-state index < -0.39 is 0 Å². The molecule has 1 saturated heterocycles. The van der Waals surface area contributed by atoms with Crippen molar-refractivity contribution in [2.75, 3.05) is 18.4 Å². The molecule has 0 saturated carbocycles. The van der Waals surface area contributed by atoms with Crippen LogP contribution in [0.4, 0.5) is 5.95 Å². The Balaban J connectivity index is 1.67. The molecule has 0 aliphatic carbocycles. The summed E-state index contributed by atoms with van der Waals surface area (Å²) in [6.07, 6.45) is 3.25. The molecule has 1 aromatic carbocycles. The van der Waals surface area contributed by atoms with Crippen LogP contribution in [0.15, 0.2) is 48.8 Å². The average molecular weight is 326 g/mol. The fourth-order valence-corrected chi connectivity index (χ4v) is 2.90. The van der Waals surface area contributed by atoms with Crippen molar-refractivity contribution in [1.29, 1.82) is 0 Å². The number of benzene rings is 1. The first-order valence-electron chi connectivity index (χ1n) is 8.16. The minimum absolute atomic E-state index is 0.0295. The molecule has 6 heteroatoms. The van der Waals surface area contributed by atoms with Crippen molar-refractivity contribution in [3.63, 3.8) is 0 Å². The quantitative estimate of drug-likeness (QED) is 0.933. The van der Waals surface area contributed by atoms with Crippen LogP contribution in [0.2, 0.25) is 0 Å². The van der Waals surface area contributed by atoms with Crippen molar-refractivity contribution >= 4 is 11.9 Å². The smallest absolute Gasteiger partial charge is 0.243 e. The van der Waals surface area contributed by atoms with Crippen LogP contribution in [0.1, 0.15) is 25.5 Å². The van der Waals surface area contributed by atoms with Crippen molar-refractivity contribution < 1.29 is 9.53 Å². The summed E-state index contributed by atoms with van der Waals surface area (Å²) in [5.74, 6) is 0.220. The number of hydrogen-bond donors (Lipinski definition) is 1. The fourth-order valence-electron chi connectivity index (χ4n) is 2.90. The first kappa shape index (κ1) is 16.5. The molecule has 3 unspecified atom stereocenters. The summed E-state index contributed by atoms with van der Waals surface area (Å²) in [5.41, 5.74) is 1.13. The highest BCUT2D eigenvalue weighted by Crippen LogP contribution is 2.26. The molecule has 2 heterocycles. The van der Waals surface area contributed by atoms with Gasteiger partial charge in [-0.15, -0.1) is 0 Å². The highest BCUT2D eigenvalue weighted by Gasteiger charge is 2.32. The second kappa shape index (κ2) is 7.51. The van der Waals surface area contributed by atoms with E-state index in [9.17, 15) is 4.79 Å². The molecule has 126 valence electrons. The van der Waals surface area contributed by atoms with E-state index in [0.717, 1.165) is 5.56 Å². The van der Waals surface area contributed by atoms with Gasteiger partial charge in [0.1, 0.15) is 0 Å². The van der Waals surface area contributed by atoms with Crippen LogP contribution in [0.25, 0.3) is 0 Å². The number of carbonyl (C=O) groups excluding carboxylic acids is 1. The lowest BCUT2D eigenvalue weighted by Crippen LogP contribution is -2.51. The van der Waals surface area contributed by atoms with Gasteiger partial charge >= 0.3 is 0 Å². The van der Waals surface area contributed by atoms with Gasteiger partial charge < -0.3 is 4.74 Å². The zero-order valence-corrected chi connectivity index (χ0v) is 13.9. The number of amides is 1. The molecule has 3 rings (SSSR count). The summed E-state index contributed by atoms with van der Waals surface area (Å²) in [5, 5.41) is 2.76. The molecule has 1 aromatic heterocycles. The maximum absolute atomic E-state index is 12.5. The lowest BCUT2D eigenvalue weighted by Gasteiger charge is -2.39. The third-order valence-electron chi connectivity index (χ3n) is 4.19. The third kappa shape index (κ3) is 3.96. The van der Waals surface area contributed by atoms with Crippen LogP contribution >= 0.6 is 0 Å². The van der Waals surface area contributed by atoms with Crippen LogP contribution in [0, 0.1) is 0 Å². The topological polar surface area (TPSA) is 67.4 Å². The number of anilines is 1. The van der Waals surface area contributed by atoms with Crippen LogP contribution in [0.3, 0.4) is 0 Å². The number of nitrogens with zero attached hydrogens (tertiary/aromatic N) is 3. The monoisotopic (exact) mass is 326 g/mol. The number of hydrogen-bond acceptors (Lipinski definition) is 5. The van der Waals surface area contributed by atoms with Gasteiger partial charge in [0.05, 0.1) is 18.2 Å². The number of rotatable bonds is 4. The van der Waals surface area contributed by atoms with E-state index in [1.165, 1.54) is 0 Å². The predicted molar refractivity (Wildman–Crippen MR) is 91.4 cm³/mol.